The van der Waals surface area contributed by atoms with Gasteiger partial charge in [-0.05, 0) is 35.6 Å². The minimum absolute atomic E-state index is 0.00903. The molecule has 3 atom stereocenters. The molecule has 3 unspecified atom stereocenters. The average Bonchev–Trinajstić information content (AvgIpc) is 3.32. The fourth-order valence-electron chi connectivity index (χ4n) is 2.90. The molecular formula is C18H20ClN3O3S. The van der Waals surface area contributed by atoms with E-state index in [-0.39, 0.29) is 24.3 Å². The van der Waals surface area contributed by atoms with Crippen LogP contribution in [-0.2, 0) is 14.3 Å². The maximum absolute atomic E-state index is 12.7. The van der Waals surface area contributed by atoms with Crippen molar-refractivity contribution in [3.63, 3.8) is 0 Å². The van der Waals surface area contributed by atoms with Gasteiger partial charge in [0, 0.05) is 15.9 Å². The van der Waals surface area contributed by atoms with Crippen molar-refractivity contribution in [3.8, 4) is 0 Å². The zero-order chi connectivity index (χ0) is 18.5. The van der Waals surface area contributed by atoms with Crippen molar-refractivity contribution in [2.45, 2.75) is 31.0 Å². The minimum atomic E-state index is -0.404. The number of esters is 1. The Morgan fingerprint density at radius 3 is 2.88 bits per heavy atom. The first-order chi connectivity index (χ1) is 12.6. The Morgan fingerprint density at radius 1 is 1.35 bits per heavy atom. The summed E-state index contributed by atoms with van der Waals surface area (Å²) >= 11 is 7.53. The highest BCUT2D eigenvalue weighted by atomic mass is 35.5. The minimum Gasteiger partial charge on any atom is -0.469 e. The average molecular weight is 394 g/mol. The third kappa shape index (κ3) is 4.62. The highest BCUT2D eigenvalue weighted by molar-refractivity contribution is 7.10. The molecule has 3 rings (SSSR count). The molecule has 2 heterocycles. The van der Waals surface area contributed by atoms with Crippen LogP contribution in [0.5, 0.6) is 0 Å². The fourth-order valence-corrected chi connectivity index (χ4v) is 3.88. The second-order valence-electron chi connectivity index (χ2n) is 6.04. The van der Waals surface area contributed by atoms with Gasteiger partial charge in [0.2, 0.25) is 5.91 Å². The summed E-state index contributed by atoms with van der Waals surface area (Å²) in [6.45, 7) is 0. The highest BCUT2D eigenvalue weighted by Crippen LogP contribution is 2.26. The quantitative estimate of drug-likeness (QED) is 0.657. The molecule has 8 heteroatoms. The van der Waals surface area contributed by atoms with Crippen molar-refractivity contribution in [1.82, 2.24) is 16.2 Å². The number of thiophene rings is 1. The van der Waals surface area contributed by atoms with Gasteiger partial charge in [0.25, 0.3) is 0 Å². The van der Waals surface area contributed by atoms with Crippen LogP contribution in [0, 0.1) is 0 Å². The molecule has 0 bridgehead atoms. The number of amides is 1. The maximum Gasteiger partial charge on any atom is 0.307 e. The van der Waals surface area contributed by atoms with E-state index >= 15 is 0 Å². The van der Waals surface area contributed by atoms with Crippen molar-refractivity contribution in [3.05, 3.63) is 57.2 Å². The Labute approximate surface area is 160 Å². The van der Waals surface area contributed by atoms with Gasteiger partial charge >= 0.3 is 5.97 Å². The summed E-state index contributed by atoms with van der Waals surface area (Å²) in [7, 11) is 1.34. The van der Waals surface area contributed by atoms with Crippen molar-refractivity contribution in [2.75, 3.05) is 7.11 Å². The first-order valence-corrected chi connectivity index (χ1v) is 9.49. The lowest BCUT2D eigenvalue weighted by molar-refractivity contribution is -0.141. The van der Waals surface area contributed by atoms with E-state index in [9.17, 15) is 9.59 Å². The van der Waals surface area contributed by atoms with Crippen LogP contribution in [0.1, 0.15) is 35.4 Å². The van der Waals surface area contributed by atoms with Crippen LogP contribution in [0.3, 0.4) is 0 Å². The number of hydrazine groups is 1. The lowest BCUT2D eigenvalue weighted by atomic mass is 10.0. The molecule has 3 N–H and O–H groups in total. The fraction of sp³-hybridized carbons (Fsp3) is 0.333. The van der Waals surface area contributed by atoms with Gasteiger partial charge < -0.3 is 10.1 Å². The number of carbonyl (C=O) groups excluding carboxylic acids is 2. The number of hydrogen-bond donors (Lipinski definition) is 3. The van der Waals surface area contributed by atoms with E-state index in [1.165, 1.54) is 18.4 Å². The second kappa shape index (κ2) is 8.64. The van der Waals surface area contributed by atoms with Gasteiger partial charge in [-0.15, -0.1) is 11.3 Å². The molecule has 26 heavy (non-hydrogen) atoms. The largest absolute Gasteiger partial charge is 0.469 e. The van der Waals surface area contributed by atoms with Crippen molar-refractivity contribution >= 4 is 34.8 Å². The molecule has 0 aliphatic carbocycles. The number of benzene rings is 1. The van der Waals surface area contributed by atoms with Gasteiger partial charge in [-0.2, -0.15) is 0 Å². The molecule has 0 saturated carbocycles. The smallest absolute Gasteiger partial charge is 0.307 e. The molecule has 1 aromatic heterocycles. The Kier molecular flexibility index (Phi) is 6.26. The lowest BCUT2D eigenvalue weighted by Crippen LogP contribution is -2.44. The standard InChI is InChI=1S/C18H20ClN3O3S/c1-25-17(23)10-14(16-6-3-7-26-16)20-18(24)15-9-13(21-22-15)11-4-2-5-12(19)8-11/h2-8,13-15,21-22H,9-10H2,1H3,(H,20,24). The number of nitrogens with one attached hydrogen (secondary N) is 3. The maximum atomic E-state index is 12.7. The van der Waals surface area contributed by atoms with E-state index in [1.807, 2.05) is 41.8 Å². The zero-order valence-corrected chi connectivity index (χ0v) is 15.8. The summed E-state index contributed by atoms with van der Waals surface area (Å²) in [4.78, 5) is 25.3. The summed E-state index contributed by atoms with van der Waals surface area (Å²) in [6, 6.07) is 10.5. The van der Waals surface area contributed by atoms with E-state index in [0.717, 1.165) is 10.4 Å². The lowest BCUT2D eigenvalue weighted by Gasteiger charge is -2.19. The third-order valence-electron chi connectivity index (χ3n) is 4.27. The van der Waals surface area contributed by atoms with Crippen molar-refractivity contribution in [1.29, 1.82) is 0 Å². The third-order valence-corrected chi connectivity index (χ3v) is 5.49. The van der Waals surface area contributed by atoms with Gasteiger partial charge in [-0.25, -0.2) is 10.9 Å². The topological polar surface area (TPSA) is 79.5 Å². The van der Waals surface area contributed by atoms with E-state index in [4.69, 9.17) is 16.3 Å². The van der Waals surface area contributed by atoms with Crippen LogP contribution in [0.2, 0.25) is 5.02 Å². The SMILES string of the molecule is COC(=O)CC(NC(=O)C1CC(c2cccc(Cl)c2)NN1)c1cccs1. The molecule has 1 saturated heterocycles. The number of halogens is 1. The summed E-state index contributed by atoms with van der Waals surface area (Å²) in [5, 5.41) is 5.53. The molecule has 1 aliphatic rings. The molecular weight excluding hydrogens is 374 g/mol. The highest BCUT2D eigenvalue weighted by Gasteiger charge is 2.32. The summed E-state index contributed by atoms with van der Waals surface area (Å²) in [5.41, 5.74) is 7.18. The Bertz CT molecular complexity index is 769. The zero-order valence-electron chi connectivity index (χ0n) is 14.2. The molecule has 1 aromatic carbocycles. The normalized spacial score (nSPS) is 20.5. The van der Waals surface area contributed by atoms with E-state index in [1.54, 1.807) is 0 Å². The van der Waals surface area contributed by atoms with E-state index in [0.29, 0.717) is 11.4 Å². The van der Waals surface area contributed by atoms with Gasteiger partial charge in [-0.1, -0.05) is 29.8 Å². The Hall–Kier alpha value is -1.93. The number of hydrogen-bond acceptors (Lipinski definition) is 6. The Morgan fingerprint density at radius 2 is 2.19 bits per heavy atom. The van der Waals surface area contributed by atoms with Gasteiger partial charge in [-0.3, -0.25) is 9.59 Å². The molecule has 2 aromatic rings. The van der Waals surface area contributed by atoms with Gasteiger partial charge in [0.1, 0.15) is 6.04 Å². The van der Waals surface area contributed by atoms with Crippen LogP contribution in [0.25, 0.3) is 0 Å². The predicted octanol–water partition coefficient (Wildman–Crippen LogP) is 2.73. The summed E-state index contributed by atoms with van der Waals surface area (Å²) < 4.78 is 4.75. The van der Waals surface area contributed by atoms with Crippen molar-refractivity contribution in [2.24, 2.45) is 0 Å². The Balaban J connectivity index is 1.64. The van der Waals surface area contributed by atoms with E-state index in [2.05, 4.69) is 16.2 Å². The number of methoxy groups -OCH3 is 1. The monoisotopic (exact) mass is 393 g/mol. The number of rotatable bonds is 6. The first kappa shape index (κ1) is 18.8. The first-order valence-electron chi connectivity index (χ1n) is 8.24. The van der Waals surface area contributed by atoms with Gasteiger partial charge in [0.05, 0.1) is 19.6 Å². The molecule has 1 aliphatic heterocycles. The van der Waals surface area contributed by atoms with Crippen LogP contribution in [-0.4, -0.2) is 25.0 Å². The molecule has 6 nitrogen and oxygen atoms in total. The molecule has 138 valence electrons. The van der Waals surface area contributed by atoms with Crippen molar-refractivity contribution < 1.29 is 14.3 Å². The van der Waals surface area contributed by atoms with Crippen LogP contribution >= 0.6 is 22.9 Å². The van der Waals surface area contributed by atoms with Crippen LogP contribution in [0.4, 0.5) is 0 Å². The number of ether oxygens (including phenoxy) is 1. The van der Waals surface area contributed by atoms with Crippen LogP contribution in [0.15, 0.2) is 41.8 Å². The molecule has 0 radical (unpaired) electrons. The molecule has 0 spiro atoms. The van der Waals surface area contributed by atoms with Gasteiger partial charge in [0.15, 0.2) is 0 Å². The predicted molar refractivity (Wildman–Crippen MR) is 101 cm³/mol. The summed E-state index contributed by atoms with van der Waals surface area (Å²) in [6.07, 6.45) is 0.683. The molecule has 1 fully saturated rings. The molecule has 1 amide bonds. The summed E-state index contributed by atoms with van der Waals surface area (Å²) in [5.74, 6) is -0.526. The second-order valence-corrected chi connectivity index (χ2v) is 7.46. The van der Waals surface area contributed by atoms with Crippen LogP contribution < -0.4 is 16.2 Å². The van der Waals surface area contributed by atoms with E-state index < -0.39 is 12.1 Å². The number of carbonyl (C=O) groups is 2.